The van der Waals surface area contributed by atoms with Gasteiger partial charge in [0.2, 0.25) is 0 Å². The van der Waals surface area contributed by atoms with Gasteiger partial charge in [0.1, 0.15) is 5.01 Å². The van der Waals surface area contributed by atoms with Crippen LogP contribution in [0.4, 0.5) is 0 Å². The Morgan fingerprint density at radius 1 is 1.47 bits per heavy atom. The quantitative estimate of drug-likeness (QED) is 0.889. The van der Waals surface area contributed by atoms with Crippen molar-refractivity contribution in [1.29, 1.82) is 0 Å². The van der Waals surface area contributed by atoms with E-state index in [1.807, 2.05) is 31.3 Å². The number of rotatable bonds is 3. The predicted molar refractivity (Wildman–Crippen MR) is 65.3 cm³/mol. The van der Waals surface area contributed by atoms with Gasteiger partial charge >= 0.3 is 0 Å². The number of benzene rings is 1. The second kappa shape index (κ2) is 4.75. The highest BCUT2D eigenvalue weighted by atomic mass is 35.5. The lowest BCUT2D eigenvalue weighted by molar-refractivity contribution is 0.798. The summed E-state index contributed by atoms with van der Waals surface area (Å²) in [6, 6.07) is 7.77. The van der Waals surface area contributed by atoms with E-state index < -0.39 is 0 Å². The number of hydrogen-bond acceptors (Lipinski definition) is 3. The van der Waals surface area contributed by atoms with Gasteiger partial charge in [-0.1, -0.05) is 23.7 Å². The van der Waals surface area contributed by atoms with Crippen LogP contribution < -0.4 is 5.32 Å². The first-order valence-corrected chi connectivity index (χ1v) is 5.90. The summed E-state index contributed by atoms with van der Waals surface area (Å²) in [5.74, 6) is 0. The zero-order valence-electron chi connectivity index (χ0n) is 8.33. The molecule has 0 aliphatic carbocycles. The Morgan fingerprint density at radius 3 is 3.07 bits per heavy atom. The smallest absolute Gasteiger partial charge is 0.123 e. The van der Waals surface area contributed by atoms with Crippen molar-refractivity contribution in [1.82, 2.24) is 10.3 Å². The SMILES string of the molecule is CNCc1csc(-c2cccc(Cl)c2)n1. The third kappa shape index (κ3) is 2.56. The van der Waals surface area contributed by atoms with E-state index in [0.717, 1.165) is 27.8 Å². The topological polar surface area (TPSA) is 24.9 Å². The first kappa shape index (κ1) is 10.6. The number of hydrogen-bond donors (Lipinski definition) is 1. The third-order valence-electron chi connectivity index (χ3n) is 1.98. The van der Waals surface area contributed by atoms with Crippen molar-refractivity contribution in [2.45, 2.75) is 6.54 Å². The summed E-state index contributed by atoms with van der Waals surface area (Å²) >= 11 is 7.57. The van der Waals surface area contributed by atoms with E-state index in [2.05, 4.69) is 15.7 Å². The fourth-order valence-corrected chi connectivity index (χ4v) is 2.33. The molecule has 0 unspecified atom stereocenters. The van der Waals surface area contributed by atoms with Gasteiger partial charge < -0.3 is 5.32 Å². The first-order chi connectivity index (χ1) is 7.29. The number of thiazole rings is 1. The molecule has 1 aromatic heterocycles. The molecule has 0 saturated heterocycles. The Labute approximate surface area is 97.9 Å². The van der Waals surface area contributed by atoms with Gasteiger partial charge in [-0.2, -0.15) is 0 Å². The molecular weight excluding hydrogens is 228 g/mol. The standard InChI is InChI=1S/C11H11ClN2S/c1-13-6-10-7-15-11(14-10)8-3-2-4-9(12)5-8/h2-5,7,13H,6H2,1H3. The second-order valence-corrected chi connectivity index (χ2v) is 4.48. The minimum absolute atomic E-state index is 0.748. The van der Waals surface area contributed by atoms with Crippen LogP contribution in [0.15, 0.2) is 29.6 Å². The van der Waals surface area contributed by atoms with Crippen LogP contribution in [-0.2, 0) is 6.54 Å². The summed E-state index contributed by atoms with van der Waals surface area (Å²) in [5.41, 5.74) is 2.15. The molecule has 0 aliphatic rings. The summed E-state index contributed by atoms with van der Waals surface area (Å²) in [4.78, 5) is 4.51. The molecule has 0 aliphatic heterocycles. The van der Waals surface area contributed by atoms with Crippen LogP contribution in [0.25, 0.3) is 10.6 Å². The van der Waals surface area contributed by atoms with Crippen molar-refractivity contribution in [2.75, 3.05) is 7.05 Å². The Bertz CT molecular complexity index is 453. The molecule has 4 heteroatoms. The normalized spacial score (nSPS) is 10.5. The van der Waals surface area contributed by atoms with Gasteiger partial charge in [0, 0.05) is 22.5 Å². The molecule has 1 heterocycles. The van der Waals surface area contributed by atoms with Crippen LogP contribution >= 0.6 is 22.9 Å². The molecule has 2 rings (SSSR count). The van der Waals surface area contributed by atoms with Crippen molar-refractivity contribution in [2.24, 2.45) is 0 Å². The van der Waals surface area contributed by atoms with E-state index in [9.17, 15) is 0 Å². The molecule has 0 fully saturated rings. The summed E-state index contributed by atoms with van der Waals surface area (Å²) < 4.78 is 0. The number of nitrogens with one attached hydrogen (secondary N) is 1. The van der Waals surface area contributed by atoms with E-state index in [-0.39, 0.29) is 0 Å². The number of aromatic nitrogens is 1. The van der Waals surface area contributed by atoms with Crippen molar-refractivity contribution in [3.8, 4) is 10.6 Å². The van der Waals surface area contributed by atoms with Gasteiger partial charge in [-0.05, 0) is 19.2 Å². The van der Waals surface area contributed by atoms with E-state index in [1.165, 1.54) is 0 Å². The molecule has 0 spiro atoms. The third-order valence-corrected chi connectivity index (χ3v) is 3.16. The fraction of sp³-hybridized carbons (Fsp3) is 0.182. The average Bonchev–Trinajstić information content (AvgIpc) is 2.67. The molecule has 78 valence electrons. The lowest BCUT2D eigenvalue weighted by Gasteiger charge is -1.96. The van der Waals surface area contributed by atoms with E-state index in [0.29, 0.717) is 0 Å². The largest absolute Gasteiger partial charge is 0.314 e. The van der Waals surface area contributed by atoms with E-state index in [4.69, 9.17) is 11.6 Å². The maximum atomic E-state index is 5.93. The van der Waals surface area contributed by atoms with E-state index in [1.54, 1.807) is 11.3 Å². The Morgan fingerprint density at radius 2 is 2.33 bits per heavy atom. The van der Waals surface area contributed by atoms with Gasteiger partial charge in [0.25, 0.3) is 0 Å². The molecule has 1 N–H and O–H groups in total. The maximum absolute atomic E-state index is 5.93. The lowest BCUT2D eigenvalue weighted by Crippen LogP contribution is -2.04. The van der Waals surface area contributed by atoms with Gasteiger partial charge in [-0.15, -0.1) is 11.3 Å². The monoisotopic (exact) mass is 238 g/mol. The van der Waals surface area contributed by atoms with Gasteiger partial charge in [0.15, 0.2) is 0 Å². The minimum Gasteiger partial charge on any atom is -0.314 e. The molecule has 2 nitrogen and oxygen atoms in total. The van der Waals surface area contributed by atoms with Crippen molar-refractivity contribution < 1.29 is 0 Å². The summed E-state index contributed by atoms with van der Waals surface area (Å²) in [6.07, 6.45) is 0. The van der Waals surface area contributed by atoms with Gasteiger partial charge in [-0.3, -0.25) is 0 Å². The fourth-order valence-electron chi connectivity index (χ4n) is 1.32. The molecule has 0 radical (unpaired) electrons. The molecule has 0 atom stereocenters. The molecule has 0 saturated carbocycles. The van der Waals surface area contributed by atoms with Crippen LogP contribution in [0.2, 0.25) is 5.02 Å². The van der Waals surface area contributed by atoms with Crippen LogP contribution in [0.3, 0.4) is 0 Å². The molecule has 1 aromatic carbocycles. The zero-order valence-corrected chi connectivity index (χ0v) is 9.90. The van der Waals surface area contributed by atoms with E-state index >= 15 is 0 Å². The molecule has 0 bridgehead atoms. The minimum atomic E-state index is 0.748. The number of nitrogens with zero attached hydrogens (tertiary/aromatic N) is 1. The lowest BCUT2D eigenvalue weighted by atomic mass is 10.2. The van der Waals surface area contributed by atoms with Gasteiger partial charge in [-0.25, -0.2) is 4.98 Å². The first-order valence-electron chi connectivity index (χ1n) is 4.64. The van der Waals surface area contributed by atoms with Crippen molar-refractivity contribution in [3.63, 3.8) is 0 Å². The van der Waals surface area contributed by atoms with Crippen LogP contribution in [0, 0.1) is 0 Å². The molecular formula is C11H11ClN2S. The maximum Gasteiger partial charge on any atom is 0.123 e. The van der Waals surface area contributed by atoms with Crippen molar-refractivity contribution in [3.05, 3.63) is 40.4 Å². The summed E-state index contributed by atoms with van der Waals surface area (Å²) in [6.45, 7) is 0.803. The highest BCUT2D eigenvalue weighted by Gasteiger charge is 2.04. The zero-order chi connectivity index (χ0) is 10.7. The van der Waals surface area contributed by atoms with Crippen molar-refractivity contribution >= 4 is 22.9 Å². The highest BCUT2D eigenvalue weighted by molar-refractivity contribution is 7.13. The van der Waals surface area contributed by atoms with Gasteiger partial charge in [0.05, 0.1) is 5.69 Å². The second-order valence-electron chi connectivity index (χ2n) is 3.18. The molecule has 0 amide bonds. The predicted octanol–water partition coefficient (Wildman–Crippen LogP) is 3.18. The highest BCUT2D eigenvalue weighted by Crippen LogP contribution is 2.25. The average molecular weight is 239 g/mol. The molecule has 15 heavy (non-hydrogen) atoms. The van der Waals surface area contributed by atoms with Crippen LogP contribution in [0.1, 0.15) is 5.69 Å². The molecule has 2 aromatic rings. The summed E-state index contributed by atoms with van der Waals surface area (Å²) in [5, 5.41) is 6.90. The van der Waals surface area contributed by atoms with Crippen LogP contribution in [0.5, 0.6) is 0 Å². The number of halogens is 1. The Hall–Kier alpha value is -0.900. The Kier molecular flexibility index (Phi) is 3.36. The summed E-state index contributed by atoms with van der Waals surface area (Å²) in [7, 11) is 1.92. The Balaban J connectivity index is 2.29. The van der Waals surface area contributed by atoms with Crippen LogP contribution in [-0.4, -0.2) is 12.0 Å².